The average molecular weight is 319 g/mol. The number of fused-ring (bicyclic) bond motifs is 1. The quantitative estimate of drug-likeness (QED) is 0.852. The minimum absolute atomic E-state index is 0.0462. The molecule has 2 heterocycles. The smallest absolute Gasteiger partial charge is 0.272 e. The molecule has 2 N–H and O–H groups in total. The summed E-state index contributed by atoms with van der Waals surface area (Å²) in [5.74, 6) is 0.270. The number of hydrogen-bond donors (Lipinski definition) is 2. The number of nitrogens with zero attached hydrogens (tertiary/aromatic N) is 3. The number of hydrogen-bond acceptors (Lipinski definition) is 4. The van der Waals surface area contributed by atoms with E-state index in [1.54, 1.807) is 7.05 Å². The summed E-state index contributed by atoms with van der Waals surface area (Å²) in [7, 11) is 3.58. The molecule has 7 nitrogen and oxygen atoms in total. The van der Waals surface area contributed by atoms with Gasteiger partial charge in [-0.2, -0.15) is 0 Å². The van der Waals surface area contributed by atoms with Gasteiger partial charge in [-0.3, -0.25) is 9.59 Å². The topological polar surface area (TPSA) is 79.3 Å². The van der Waals surface area contributed by atoms with Crippen molar-refractivity contribution in [1.29, 1.82) is 0 Å². The summed E-state index contributed by atoms with van der Waals surface area (Å²) in [5.41, 5.74) is 2.45. The standard InChI is InChI=1S/C16H25N5O2/c1-11(2)8-13-19-15(16(23)18-9-14(22)17-3)12-10-20(4)6-5-7-21(12)13/h8H,5-7,9-10H2,1-4H3,(H,17,22)(H,18,23). The second-order valence-corrected chi connectivity index (χ2v) is 6.09. The zero-order chi connectivity index (χ0) is 17.0. The van der Waals surface area contributed by atoms with Crippen LogP contribution in [-0.2, 0) is 17.9 Å². The fraction of sp³-hybridized carbons (Fsp3) is 0.562. The number of imidazole rings is 1. The van der Waals surface area contributed by atoms with Gasteiger partial charge >= 0.3 is 0 Å². The molecule has 0 unspecified atom stereocenters. The van der Waals surface area contributed by atoms with Crippen LogP contribution in [0.1, 0.15) is 42.3 Å². The fourth-order valence-corrected chi connectivity index (χ4v) is 2.63. The van der Waals surface area contributed by atoms with Crippen molar-refractivity contribution in [2.75, 3.05) is 27.2 Å². The van der Waals surface area contributed by atoms with Gasteiger partial charge in [-0.1, -0.05) is 5.57 Å². The van der Waals surface area contributed by atoms with Crippen molar-refractivity contribution in [3.05, 3.63) is 22.8 Å². The molecule has 1 aromatic heterocycles. The number of rotatable bonds is 4. The lowest BCUT2D eigenvalue weighted by atomic mass is 10.3. The molecule has 0 fully saturated rings. The molecule has 126 valence electrons. The molecule has 1 aliphatic heterocycles. The molecule has 0 radical (unpaired) electrons. The molecule has 7 heteroatoms. The summed E-state index contributed by atoms with van der Waals surface area (Å²) >= 11 is 0. The number of nitrogens with one attached hydrogen (secondary N) is 2. The highest BCUT2D eigenvalue weighted by molar-refractivity contribution is 5.96. The maximum atomic E-state index is 12.4. The average Bonchev–Trinajstić information content (AvgIpc) is 2.69. The molecule has 0 atom stereocenters. The largest absolute Gasteiger partial charge is 0.358 e. The molecule has 23 heavy (non-hydrogen) atoms. The number of likely N-dealkylation sites (N-methyl/N-ethyl adjacent to an activating group) is 1. The predicted molar refractivity (Wildman–Crippen MR) is 88.9 cm³/mol. The van der Waals surface area contributed by atoms with Crippen molar-refractivity contribution >= 4 is 17.9 Å². The first-order chi connectivity index (χ1) is 10.9. The molecule has 1 aliphatic rings. The number of allylic oxidation sites excluding steroid dienone is 1. The van der Waals surface area contributed by atoms with Crippen molar-refractivity contribution < 1.29 is 9.59 Å². The van der Waals surface area contributed by atoms with E-state index in [1.807, 2.05) is 27.0 Å². The molecule has 1 aromatic rings. The Morgan fingerprint density at radius 1 is 1.30 bits per heavy atom. The van der Waals surface area contributed by atoms with E-state index in [9.17, 15) is 9.59 Å². The molecule has 0 saturated heterocycles. The van der Waals surface area contributed by atoms with Crippen LogP contribution in [0.3, 0.4) is 0 Å². The van der Waals surface area contributed by atoms with Crippen LogP contribution >= 0.6 is 0 Å². The summed E-state index contributed by atoms with van der Waals surface area (Å²) in [5, 5.41) is 5.12. The first kappa shape index (κ1) is 17.2. The van der Waals surface area contributed by atoms with Crippen LogP contribution in [0.4, 0.5) is 0 Å². The molecule has 0 aliphatic carbocycles. The van der Waals surface area contributed by atoms with E-state index in [4.69, 9.17) is 0 Å². The normalized spacial score (nSPS) is 14.6. The van der Waals surface area contributed by atoms with Gasteiger partial charge in [-0.25, -0.2) is 4.98 Å². The Morgan fingerprint density at radius 2 is 2.04 bits per heavy atom. The predicted octanol–water partition coefficient (Wildman–Crippen LogP) is 0.618. The molecular formula is C16H25N5O2. The van der Waals surface area contributed by atoms with Crippen LogP contribution in [0, 0.1) is 0 Å². The van der Waals surface area contributed by atoms with Crippen molar-refractivity contribution in [2.45, 2.75) is 33.4 Å². The van der Waals surface area contributed by atoms with Crippen LogP contribution in [0.25, 0.3) is 6.08 Å². The van der Waals surface area contributed by atoms with E-state index in [2.05, 4.69) is 25.1 Å². The highest BCUT2D eigenvalue weighted by atomic mass is 16.2. The van der Waals surface area contributed by atoms with Gasteiger partial charge in [0.25, 0.3) is 5.91 Å². The van der Waals surface area contributed by atoms with E-state index in [1.165, 1.54) is 0 Å². The number of carbonyl (C=O) groups is 2. The van der Waals surface area contributed by atoms with E-state index in [0.29, 0.717) is 12.2 Å². The third kappa shape index (κ3) is 4.19. The third-order valence-electron chi connectivity index (χ3n) is 3.76. The van der Waals surface area contributed by atoms with Gasteiger partial charge in [-0.05, 0) is 39.9 Å². The van der Waals surface area contributed by atoms with Crippen molar-refractivity contribution in [3.63, 3.8) is 0 Å². The summed E-state index contributed by atoms with van der Waals surface area (Å²) < 4.78 is 2.12. The van der Waals surface area contributed by atoms with Crippen molar-refractivity contribution in [3.8, 4) is 0 Å². The van der Waals surface area contributed by atoms with Gasteiger partial charge < -0.3 is 20.1 Å². The Bertz CT molecular complexity index is 629. The van der Waals surface area contributed by atoms with Crippen LogP contribution in [0.15, 0.2) is 5.57 Å². The van der Waals surface area contributed by atoms with Gasteiger partial charge in [0.1, 0.15) is 5.82 Å². The van der Waals surface area contributed by atoms with Gasteiger partial charge in [-0.15, -0.1) is 0 Å². The van der Waals surface area contributed by atoms with Gasteiger partial charge in [0.2, 0.25) is 5.91 Å². The van der Waals surface area contributed by atoms with E-state index < -0.39 is 0 Å². The second-order valence-electron chi connectivity index (χ2n) is 6.09. The SMILES string of the molecule is CNC(=O)CNC(=O)c1nc(C=C(C)C)n2c1CN(C)CCC2. The lowest BCUT2D eigenvalue weighted by Crippen LogP contribution is -2.36. The molecule has 2 amide bonds. The van der Waals surface area contributed by atoms with Crippen LogP contribution in [-0.4, -0.2) is 53.5 Å². The van der Waals surface area contributed by atoms with Gasteiger partial charge in [0, 0.05) is 20.1 Å². The Hall–Kier alpha value is -2.15. The van der Waals surface area contributed by atoms with E-state index >= 15 is 0 Å². The molecule has 0 saturated carbocycles. The Balaban J connectivity index is 2.35. The number of carbonyl (C=O) groups excluding carboxylic acids is 2. The minimum atomic E-state index is -0.305. The number of aromatic nitrogens is 2. The van der Waals surface area contributed by atoms with Crippen molar-refractivity contribution in [2.24, 2.45) is 0 Å². The Labute approximate surface area is 136 Å². The molecule has 0 bridgehead atoms. The van der Waals surface area contributed by atoms with Gasteiger partial charge in [0.15, 0.2) is 5.69 Å². The highest BCUT2D eigenvalue weighted by Crippen LogP contribution is 2.20. The number of amides is 2. The van der Waals surface area contributed by atoms with Crippen LogP contribution in [0.5, 0.6) is 0 Å². The minimum Gasteiger partial charge on any atom is -0.358 e. The molecule has 0 aromatic carbocycles. The molecule has 2 rings (SSSR count). The van der Waals surface area contributed by atoms with Crippen LogP contribution < -0.4 is 10.6 Å². The van der Waals surface area contributed by atoms with Gasteiger partial charge in [0.05, 0.1) is 12.2 Å². The molecular weight excluding hydrogens is 294 g/mol. The maximum Gasteiger partial charge on any atom is 0.272 e. The third-order valence-corrected chi connectivity index (χ3v) is 3.76. The fourth-order valence-electron chi connectivity index (χ4n) is 2.63. The Morgan fingerprint density at radius 3 is 2.70 bits per heavy atom. The summed E-state index contributed by atoms with van der Waals surface area (Å²) in [6, 6.07) is 0. The van der Waals surface area contributed by atoms with E-state index in [0.717, 1.165) is 36.6 Å². The van der Waals surface area contributed by atoms with Crippen LogP contribution in [0.2, 0.25) is 0 Å². The lowest BCUT2D eigenvalue weighted by Gasteiger charge is -2.13. The second kappa shape index (κ2) is 7.41. The summed E-state index contributed by atoms with van der Waals surface area (Å²) in [4.78, 5) is 30.5. The highest BCUT2D eigenvalue weighted by Gasteiger charge is 2.24. The summed E-state index contributed by atoms with van der Waals surface area (Å²) in [6.45, 7) is 6.47. The summed E-state index contributed by atoms with van der Waals surface area (Å²) in [6.07, 6.45) is 3.01. The Kier molecular flexibility index (Phi) is 5.54. The monoisotopic (exact) mass is 319 g/mol. The first-order valence-electron chi connectivity index (χ1n) is 7.84. The maximum absolute atomic E-state index is 12.4. The molecule has 0 spiro atoms. The van der Waals surface area contributed by atoms with Crippen molar-refractivity contribution in [1.82, 2.24) is 25.1 Å². The first-order valence-corrected chi connectivity index (χ1v) is 7.84. The zero-order valence-electron chi connectivity index (χ0n) is 14.3. The lowest BCUT2D eigenvalue weighted by molar-refractivity contribution is -0.119. The zero-order valence-corrected chi connectivity index (χ0v) is 14.3. The van der Waals surface area contributed by atoms with E-state index in [-0.39, 0.29) is 18.4 Å².